The maximum Gasteiger partial charge on any atom is 0.406 e. The van der Waals surface area contributed by atoms with Crippen LogP contribution in [-0.2, 0) is 0 Å². The molecule has 0 aromatic carbocycles. The fourth-order valence-corrected chi connectivity index (χ4v) is 2.31. The molecule has 0 spiro atoms. The van der Waals surface area contributed by atoms with Gasteiger partial charge in [-0.3, -0.25) is 0 Å². The van der Waals surface area contributed by atoms with Gasteiger partial charge in [-0.25, -0.2) is 0 Å². The van der Waals surface area contributed by atoms with Crippen LogP contribution in [0.25, 0.3) is 0 Å². The molecule has 0 heterocycles. The Balaban J connectivity index is 2.42. The summed E-state index contributed by atoms with van der Waals surface area (Å²) in [6.45, 7) is 0. The minimum absolute atomic E-state index is 0.211. The number of rotatable bonds is 1. The van der Waals surface area contributed by atoms with Crippen LogP contribution in [0.1, 0.15) is 25.7 Å². The Labute approximate surface area is 54.9 Å². The fraction of sp³-hybridized carbons (Fsp3) is 1.00. The molecule has 4 heteroatoms. The molecule has 3 N–H and O–H groups in total. The van der Waals surface area contributed by atoms with Gasteiger partial charge in [0.05, 0.1) is 0 Å². The van der Waals surface area contributed by atoms with Crippen LogP contribution in [0.15, 0.2) is 0 Å². The molecule has 54 valence electrons. The third-order valence-corrected chi connectivity index (χ3v) is 3.31. The zero-order valence-electron chi connectivity index (χ0n) is 5.19. The van der Waals surface area contributed by atoms with Gasteiger partial charge >= 0.3 is 7.94 Å². The lowest BCUT2D eigenvalue weighted by molar-refractivity contribution is 0.315. The summed E-state index contributed by atoms with van der Waals surface area (Å²) in [6.07, 6.45) is 3.59. The second-order valence-electron chi connectivity index (χ2n) is 2.55. The van der Waals surface area contributed by atoms with Crippen molar-refractivity contribution in [2.75, 3.05) is 0 Å². The second kappa shape index (κ2) is 2.51. The molecule has 0 amide bonds. The van der Waals surface area contributed by atoms with E-state index in [4.69, 9.17) is 14.7 Å². The summed E-state index contributed by atoms with van der Waals surface area (Å²) in [5.41, 5.74) is -0.211. The molecule has 0 saturated heterocycles. The van der Waals surface area contributed by atoms with Crippen LogP contribution in [0.5, 0.6) is 0 Å². The Morgan fingerprint density at radius 3 is 1.67 bits per heavy atom. The van der Waals surface area contributed by atoms with Gasteiger partial charge in [-0.05, 0) is 25.7 Å². The zero-order valence-corrected chi connectivity index (χ0v) is 6.09. The molecule has 1 aliphatic rings. The van der Waals surface area contributed by atoms with Crippen LogP contribution in [0.3, 0.4) is 0 Å². The van der Waals surface area contributed by atoms with Crippen molar-refractivity contribution in [1.29, 1.82) is 0 Å². The summed E-state index contributed by atoms with van der Waals surface area (Å²) in [6, 6.07) is 0. The first-order valence-corrected chi connectivity index (χ1v) is 4.89. The van der Waals surface area contributed by atoms with Crippen LogP contribution in [0, 0.1) is 0 Å². The average Bonchev–Trinajstić information content (AvgIpc) is 2.08. The van der Waals surface area contributed by atoms with Gasteiger partial charge in [-0.15, -0.1) is 0 Å². The minimum atomic E-state index is -3.46. The van der Waals surface area contributed by atoms with Crippen molar-refractivity contribution in [3.8, 4) is 0 Å². The first-order chi connectivity index (χ1) is 4.11. The molecular weight excluding hydrogens is 139 g/mol. The Kier molecular flexibility index (Phi) is 2.07. The van der Waals surface area contributed by atoms with Crippen molar-refractivity contribution in [3.05, 3.63) is 0 Å². The monoisotopic (exact) mass is 151 g/mol. The van der Waals surface area contributed by atoms with Crippen molar-refractivity contribution < 1.29 is 14.7 Å². The van der Waals surface area contributed by atoms with Gasteiger partial charge in [0.15, 0.2) is 5.66 Å². The first-order valence-electron chi connectivity index (χ1n) is 3.17. The van der Waals surface area contributed by atoms with Crippen LogP contribution in [0.2, 0.25) is 0 Å². The normalized spacial score (nSPS) is 23.0. The number of hydrogen-bond acceptors (Lipinski definition) is 3. The lowest BCUT2D eigenvalue weighted by atomic mass is 10.4. The van der Waals surface area contributed by atoms with E-state index in [9.17, 15) is 0 Å². The maximum absolute atomic E-state index is 8.74. The van der Waals surface area contributed by atoms with E-state index in [1.54, 1.807) is 0 Å². The lowest BCUT2D eigenvalue weighted by Crippen LogP contribution is -2.06. The third-order valence-electron chi connectivity index (χ3n) is 1.81. The molecule has 9 heavy (non-hydrogen) atoms. The second-order valence-corrected chi connectivity index (χ2v) is 4.51. The van der Waals surface area contributed by atoms with Crippen molar-refractivity contribution >= 4 is 7.94 Å². The topological polar surface area (TPSA) is 60.7 Å². The highest BCUT2D eigenvalue weighted by Gasteiger charge is 2.43. The fourth-order valence-electron chi connectivity index (χ4n) is 1.25. The molecule has 0 atom stereocenters. The Hall–Kier alpha value is 0.310. The summed E-state index contributed by atoms with van der Waals surface area (Å²) >= 11 is 0. The maximum atomic E-state index is 8.74. The summed E-state index contributed by atoms with van der Waals surface area (Å²) < 4.78 is 0. The van der Waals surface area contributed by atoms with E-state index in [0.29, 0.717) is 0 Å². The smallest absolute Gasteiger partial charge is 0.193 e. The summed E-state index contributed by atoms with van der Waals surface area (Å²) in [5.74, 6) is 0. The van der Waals surface area contributed by atoms with Crippen LogP contribution in [-0.4, -0.2) is 20.3 Å². The largest absolute Gasteiger partial charge is 0.406 e. The lowest BCUT2D eigenvalue weighted by Gasteiger charge is -2.09. The third kappa shape index (κ3) is 1.87. The van der Waals surface area contributed by atoms with Gasteiger partial charge in [0, 0.05) is 0 Å². The molecule has 1 rings (SSSR count). The van der Waals surface area contributed by atoms with Crippen molar-refractivity contribution in [2.45, 2.75) is 31.3 Å². The van der Waals surface area contributed by atoms with Crippen LogP contribution >= 0.6 is 7.94 Å². The molecule has 0 bridgehead atoms. The minimum Gasteiger partial charge on any atom is -0.193 e. The predicted octanol–water partition coefficient (Wildman–Crippen LogP) is 0.668. The predicted molar refractivity (Wildman–Crippen MR) is 35.8 cm³/mol. The quantitative estimate of drug-likeness (QED) is 0.482. The van der Waals surface area contributed by atoms with Gasteiger partial charge in [0.2, 0.25) is 0 Å². The SMILES string of the molecule is O[P+](O)(O)C1CCCC1. The summed E-state index contributed by atoms with van der Waals surface area (Å²) in [4.78, 5) is 26.2. The van der Waals surface area contributed by atoms with E-state index >= 15 is 0 Å². The van der Waals surface area contributed by atoms with Crippen molar-refractivity contribution in [1.82, 2.24) is 0 Å². The molecule has 0 unspecified atom stereocenters. The van der Waals surface area contributed by atoms with Gasteiger partial charge < -0.3 is 0 Å². The van der Waals surface area contributed by atoms with E-state index in [2.05, 4.69) is 0 Å². The summed E-state index contributed by atoms with van der Waals surface area (Å²) in [7, 11) is -3.46. The van der Waals surface area contributed by atoms with Gasteiger partial charge in [0.1, 0.15) is 0 Å². The van der Waals surface area contributed by atoms with E-state index in [1.807, 2.05) is 0 Å². The molecule has 0 aromatic rings. The molecule has 0 aliphatic heterocycles. The molecule has 3 nitrogen and oxygen atoms in total. The Bertz CT molecular complexity index is 92.9. The standard InChI is InChI=1S/C5H12O3P/c6-9(7,8)5-3-1-2-4-5/h5-8H,1-4H2/q+1. The van der Waals surface area contributed by atoms with E-state index in [0.717, 1.165) is 25.7 Å². The van der Waals surface area contributed by atoms with E-state index in [-0.39, 0.29) is 5.66 Å². The first kappa shape index (κ1) is 7.42. The van der Waals surface area contributed by atoms with Crippen molar-refractivity contribution in [3.63, 3.8) is 0 Å². The molecule has 1 aliphatic carbocycles. The molecule has 1 fully saturated rings. The zero-order chi connectivity index (χ0) is 6.91. The Morgan fingerprint density at radius 2 is 1.44 bits per heavy atom. The average molecular weight is 151 g/mol. The van der Waals surface area contributed by atoms with E-state index in [1.165, 1.54) is 0 Å². The van der Waals surface area contributed by atoms with Crippen LogP contribution < -0.4 is 0 Å². The highest BCUT2D eigenvalue weighted by atomic mass is 31.2. The van der Waals surface area contributed by atoms with Gasteiger partial charge in [-0.1, -0.05) is 0 Å². The summed E-state index contributed by atoms with van der Waals surface area (Å²) in [5, 5.41) is 0. The van der Waals surface area contributed by atoms with Crippen LogP contribution in [0.4, 0.5) is 0 Å². The van der Waals surface area contributed by atoms with Gasteiger partial charge in [-0.2, -0.15) is 14.7 Å². The molecular formula is C5H12O3P+. The highest BCUT2D eigenvalue weighted by Crippen LogP contribution is 2.56. The molecule has 0 radical (unpaired) electrons. The highest BCUT2D eigenvalue weighted by molar-refractivity contribution is 7.59. The number of hydrogen-bond donors (Lipinski definition) is 3. The molecule has 0 aromatic heterocycles. The van der Waals surface area contributed by atoms with E-state index < -0.39 is 7.94 Å². The molecule has 1 saturated carbocycles. The van der Waals surface area contributed by atoms with Gasteiger partial charge in [0.25, 0.3) is 0 Å². The Morgan fingerprint density at radius 1 is 1.00 bits per heavy atom. The van der Waals surface area contributed by atoms with Crippen molar-refractivity contribution in [2.24, 2.45) is 0 Å².